The van der Waals surface area contributed by atoms with Gasteiger partial charge in [-0.2, -0.15) is 0 Å². The number of imide groups is 1. The Morgan fingerprint density at radius 1 is 1.00 bits per heavy atom. The predicted octanol–water partition coefficient (Wildman–Crippen LogP) is 5.46. The largest absolute Gasteiger partial charge is 0.371 e. The Kier molecular flexibility index (Phi) is 5.50. The monoisotopic (exact) mass is 420 g/mol. The van der Waals surface area contributed by atoms with E-state index in [-0.39, 0.29) is 5.56 Å². The summed E-state index contributed by atoms with van der Waals surface area (Å²) in [5, 5.41) is 2.93. The van der Waals surface area contributed by atoms with E-state index in [9.17, 15) is 9.59 Å². The lowest BCUT2D eigenvalue weighted by molar-refractivity contribution is -0.0960. The molecule has 4 rings (SSSR count). The van der Waals surface area contributed by atoms with Gasteiger partial charge in [-0.3, -0.25) is 14.4 Å². The molecule has 0 saturated carbocycles. The van der Waals surface area contributed by atoms with Gasteiger partial charge in [0.2, 0.25) is 0 Å². The Morgan fingerprint density at radius 2 is 1.75 bits per heavy atom. The van der Waals surface area contributed by atoms with E-state index in [2.05, 4.69) is 11.8 Å². The summed E-state index contributed by atoms with van der Waals surface area (Å²) < 4.78 is 0. The van der Waals surface area contributed by atoms with Crippen LogP contribution in [0, 0.1) is 0 Å². The molecule has 7 heteroatoms. The Bertz CT molecular complexity index is 955. The highest BCUT2D eigenvalue weighted by molar-refractivity contribution is 6.43. The maximum absolute atomic E-state index is 13.1. The first-order valence-electron chi connectivity index (χ1n) is 9.76. The SMILES string of the molecule is CCCCCON1C(=O)c2ccc(Cl)c3c(N4CCCC4)cc(Cl)c(c23)C1=O. The van der Waals surface area contributed by atoms with Crippen molar-refractivity contribution in [3.63, 3.8) is 0 Å². The minimum absolute atomic E-state index is 0.284. The first-order valence-corrected chi connectivity index (χ1v) is 10.5. The van der Waals surface area contributed by atoms with Crippen LogP contribution < -0.4 is 4.90 Å². The lowest BCUT2D eigenvalue weighted by atomic mass is 9.93. The summed E-state index contributed by atoms with van der Waals surface area (Å²) in [6.45, 7) is 4.19. The molecule has 0 bridgehead atoms. The molecule has 0 N–H and O–H groups in total. The average Bonchev–Trinajstić information content (AvgIpc) is 3.21. The summed E-state index contributed by atoms with van der Waals surface area (Å²) in [7, 11) is 0. The van der Waals surface area contributed by atoms with Crippen LogP contribution in [0.2, 0.25) is 10.0 Å². The van der Waals surface area contributed by atoms with Crippen molar-refractivity contribution in [1.82, 2.24) is 5.06 Å². The maximum Gasteiger partial charge on any atom is 0.287 e. The molecule has 2 amide bonds. The number of hydroxylamine groups is 2. The van der Waals surface area contributed by atoms with Gasteiger partial charge >= 0.3 is 0 Å². The molecule has 2 aromatic carbocycles. The molecule has 2 heterocycles. The number of carbonyl (C=O) groups excluding carboxylic acids is 2. The van der Waals surface area contributed by atoms with Crippen molar-refractivity contribution in [2.45, 2.75) is 39.0 Å². The second-order valence-electron chi connectivity index (χ2n) is 7.24. The Balaban J connectivity index is 1.84. The van der Waals surface area contributed by atoms with Crippen molar-refractivity contribution in [1.29, 1.82) is 0 Å². The molecule has 0 radical (unpaired) electrons. The normalized spacial score (nSPS) is 16.5. The smallest absolute Gasteiger partial charge is 0.287 e. The summed E-state index contributed by atoms with van der Waals surface area (Å²) in [6.07, 6.45) is 4.96. The number of hydrogen-bond acceptors (Lipinski definition) is 4. The van der Waals surface area contributed by atoms with Crippen molar-refractivity contribution < 1.29 is 14.4 Å². The third-order valence-electron chi connectivity index (χ3n) is 5.39. The van der Waals surface area contributed by atoms with Gasteiger partial charge in [-0.15, -0.1) is 5.06 Å². The molecule has 0 atom stereocenters. The number of anilines is 1. The standard InChI is InChI=1S/C21H22Cl2N2O3/c1-2-3-6-11-28-25-20(26)13-7-8-14(22)18-16(24-9-4-5-10-24)12-15(23)19(17(13)18)21(25)27/h7-8,12H,2-6,9-11H2,1H3. The van der Waals surface area contributed by atoms with Gasteiger partial charge in [-0.05, 0) is 37.5 Å². The fraction of sp³-hybridized carbons (Fsp3) is 0.429. The second-order valence-corrected chi connectivity index (χ2v) is 8.05. The van der Waals surface area contributed by atoms with Gasteiger partial charge in [0.15, 0.2) is 0 Å². The van der Waals surface area contributed by atoms with Crippen LogP contribution >= 0.6 is 23.2 Å². The van der Waals surface area contributed by atoms with E-state index in [1.807, 2.05) is 0 Å². The summed E-state index contributed by atoms with van der Waals surface area (Å²) in [4.78, 5) is 33.9. The van der Waals surface area contributed by atoms with Crippen LogP contribution in [0.25, 0.3) is 10.8 Å². The second kappa shape index (κ2) is 7.90. The van der Waals surface area contributed by atoms with E-state index in [0.717, 1.165) is 55.9 Å². The molecule has 2 aliphatic rings. The first-order chi connectivity index (χ1) is 13.5. The zero-order valence-corrected chi connectivity index (χ0v) is 17.3. The van der Waals surface area contributed by atoms with Gasteiger partial charge in [0, 0.05) is 29.5 Å². The number of unbranched alkanes of at least 4 members (excludes halogenated alkanes) is 2. The van der Waals surface area contributed by atoms with E-state index in [1.165, 1.54) is 0 Å². The fourth-order valence-electron chi connectivity index (χ4n) is 3.99. The topological polar surface area (TPSA) is 49.9 Å². The van der Waals surface area contributed by atoms with Crippen molar-refractivity contribution in [3.05, 3.63) is 39.4 Å². The van der Waals surface area contributed by atoms with Crippen molar-refractivity contribution in [2.24, 2.45) is 0 Å². The highest BCUT2D eigenvalue weighted by Gasteiger charge is 2.37. The third-order valence-corrected chi connectivity index (χ3v) is 6.00. The Hall–Kier alpha value is -1.82. The van der Waals surface area contributed by atoms with Crippen LogP contribution in [-0.2, 0) is 4.84 Å². The molecule has 2 aromatic rings. The van der Waals surface area contributed by atoms with Gasteiger partial charge in [0.25, 0.3) is 11.8 Å². The number of halogens is 2. The summed E-state index contributed by atoms with van der Waals surface area (Å²) >= 11 is 13.1. The quantitative estimate of drug-likeness (QED) is 0.459. The molecule has 0 unspecified atom stereocenters. The van der Waals surface area contributed by atoms with E-state index in [0.29, 0.717) is 33.0 Å². The summed E-state index contributed by atoms with van der Waals surface area (Å²) in [5.74, 6) is -0.996. The molecule has 0 aliphatic carbocycles. The van der Waals surface area contributed by atoms with E-state index >= 15 is 0 Å². The first kappa shape index (κ1) is 19.5. The predicted molar refractivity (Wildman–Crippen MR) is 111 cm³/mol. The van der Waals surface area contributed by atoms with E-state index in [1.54, 1.807) is 18.2 Å². The van der Waals surface area contributed by atoms with Crippen LogP contribution in [0.1, 0.15) is 59.7 Å². The molecule has 2 aliphatic heterocycles. The molecule has 28 heavy (non-hydrogen) atoms. The van der Waals surface area contributed by atoms with Gasteiger partial charge in [0.05, 0.1) is 27.8 Å². The number of benzene rings is 2. The molecule has 5 nitrogen and oxygen atoms in total. The lowest BCUT2D eigenvalue weighted by Crippen LogP contribution is -2.40. The number of rotatable bonds is 6. The zero-order valence-electron chi connectivity index (χ0n) is 15.8. The average molecular weight is 421 g/mol. The Morgan fingerprint density at radius 3 is 2.46 bits per heavy atom. The molecular weight excluding hydrogens is 399 g/mol. The Labute approximate surface area is 174 Å². The molecule has 1 saturated heterocycles. The highest BCUT2D eigenvalue weighted by Crippen LogP contribution is 2.44. The van der Waals surface area contributed by atoms with Crippen molar-refractivity contribution >= 4 is 51.5 Å². The minimum Gasteiger partial charge on any atom is -0.371 e. The van der Waals surface area contributed by atoms with Gasteiger partial charge in [0.1, 0.15) is 0 Å². The van der Waals surface area contributed by atoms with Gasteiger partial charge in [-0.1, -0.05) is 43.0 Å². The number of amides is 2. The molecule has 0 aromatic heterocycles. The van der Waals surface area contributed by atoms with Crippen LogP contribution in [0.5, 0.6) is 0 Å². The van der Waals surface area contributed by atoms with E-state index in [4.69, 9.17) is 28.0 Å². The molecular formula is C21H22Cl2N2O3. The zero-order chi connectivity index (χ0) is 19.8. The highest BCUT2D eigenvalue weighted by atomic mass is 35.5. The third kappa shape index (κ3) is 3.15. The van der Waals surface area contributed by atoms with Gasteiger partial charge < -0.3 is 4.90 Å². The van der Waals surface area contributed by atoms with E-state index < -0.39 is 11.8 Å². The number of hydrogen-bond donors (Lipinski definition) is 0. The van der Waals surface area contributed by atoms with Crippen LogP contribution in [0.15, 0.2) is 18.2 Å². The molecule has 148 valence electrons. The summed E-state index contributed by atoms with van der Waals surface area (Å²) in [6, 6.07) is 5.15. The fourth-order valence-corrected chi connectivity index (χ4v) is 4.53. The molecule has 1 fully saturated rings. The van der Waals surface area contributed by atoms with Crippen LogP contribution in [0.4, 0.5) is 5.69 Å². The lowest BCUT2D eigenvalue weighted by Gasteiger charge is -2.29. The number of nitrogens with zero attached hydrogens (tertiary/aromatic N) is 2. The van der Waals surface area contributed by atoms with Crippen LogP contribution in [-0.4, -0.2) is 36.6 Å². The number of carbonyl (C=O) groups is 2. The minimum atomic E-state index is -0.528. The van der Waals surface area contributed by atoms with Crippen molar-refractivity contribution in [3.8, 4) is 0 Å². The maximum atomic E-state index is 13.1. The van der Waals surface area contributed by atoms with Crippen LogP contribution in [0.3, 0.4) is 0 Å². The summed E-state index contributed by atoms with van der Waals surface area (Å²) in [5.41, 5.74) is 1.56. The molecule has 0 spiro atoms. The van der Waals surface area contributed by atoms with Crippen molar-refractivity contribution in [2.75, 3.05) is 24.6 Å². The van der Waals surface area contributed by atoms with Gasteiger partial charge in [-0.25, -0.2) is 0 Å².